The summed E-state index contributed by atoms with van der Waals surface area (Å²) in [7, 11) is 0. The van der Waals surface area contributed by atoms with Gasteiger partial charge < -0.3 is 0 Å². The molecule has 3 rings (SSSR count). The number of fused-ring (bicyclic) bond motifs is 2. The summed E-state index contributed by atoms with van der Waals surface area (Å²) < 4.78 is 1.60. The van der Waals surface area contributed by atoms with Crippen molar-refractivity contribution in [3.63, 3.8) is 0 Å². The molecule has 0 bridgehead atoms. The van der Waals surface area contributed by atoms with Crippen LogP contribution in [-0.4, -0.2) is 9.38 Å². The van der Waals surface area contributed by atoms with Gasteiger partial charge in [0.2, 0.25) is 0 Å². The maximum atomic E-state index is 12.3. The highest BCUT2D eigenvalue weighted by atomic mass is 32.1. The van der Waals surface area contributed by atoms with E-state index in [9.17, 15) is 4.79 Å². The summed E-state index contributed by atoms with van der Waals surface area (Å²) >= 11 is 1.61. The van der Waals surface area contributed by atoms with Crippen molar-refractivity contribution >= 4 is 27.2 Å². The van der Waals surface area contributed by atoms with Crippen LogP contribution in [0.4, 0.5) is 0 Å². The van der Waals surface area contributed by atoms with Crippen molar-refractivity contribution in [3.8, 4) is 0 Å². The van der Waals surface area contributed by atoms with E-state index < -0.39 is 0 Å². The Morgan fingerprint density at radius 2 is 2.18 bits per heavy atom. The zero-order valence-corrected chi connectivity index (χ0v) is 10.5. The minimum Gasteiger partial charge on any atom is -0.268 e. The van der Waals surface area contributed by atoms with Gasteiger partial charge in [0.25, 0.3) is 5.56 Å². The summed E-state index contributed by atoms with van der Waals surface area (Å²) in [4.78, 5) is 18.8. The van der Waals surface area contributed by atoms with Crippen molar-refractivity contribution in [2.24, 2.45) is 0 Å². The predicted octanol–water partition coefficient (Wildman–Crippen LogP) is 3.03. The molecule has 0 N–H and O–H groups in total. The second kappa shape index (κ2) is 3.67. The molecule has 3 aromatic rings. The van der Waals surface area contributed by atoms with Crippen LogP contribution >= 0.6 is 11.3 Å². The van der Waals surface area contributed by atoms with Crippen molar-refractivity contribution in [1.29, 1.82) is 0 Å². The van der Waals surface area contributed by atoms with Crippen LogP contribution < -0.4 is 5.56 Å². The number of pyridine rings is 1. The van der Waals surface area contributed by atoms with E-state index in [4.69, 9.17) is 0 Å². The first-order valence-corrected chi connectivity index (χ1v) is 6.39. The Kier molecular flexibility index (Phi) is 2.26. The molecular weight excluding hydrogens is 232 g/mol. The van der Waals surface area contributed by atoms with Gasteiger partial charge in [-0.3, -0.25) is 9.20 Å². The first kappa shape index (κ1) is 10.5. The Morgan fingerprint density at radius 3 is 2.94 bits per heavy atom. The summed E-state index contributed by atoms with van der Waals surface area (Å²) in [5.74, 6) is 0.432. The fourth-order valence-corrected chi connectivity index (χ4v) is 2.88. The fraction of sp³-hybridized carbons (Fsp3) is 0.231. The minimum atomic E-state index is 0.0220. The molecule has 0 radical (unpaired) electrons. The maximum absolute atomic E-state index is 12.3. The SMILES string of the molecule is CC(C)c1cc2c(=O)n3ccccc3nc2s1. The van der Waals surface area contributed by atoms with Gasteiger partial charge in [-0.1, -0.05) is 19.9 Å². The molecule has 0 fully saturated rings. The topological polar surface area (TPSA) is 34.4 Å². The zero-order valence-electron chi connectivity index (χ0n) is 9.68. The molecule has 0 amide bonds. The third-order valence-electron chi connectivity index (χ3n) is 2.80. The Balaban J connectivity index is 2.47. The van der Waals surface area contributed by atoms with E-state index in [2.05, 4.69) is 18.8 Å². The van der Waals surface area contributed by atoms with E-state index in [-0.39, 0.29) is 5.56 Å². The molecular formula is C13H12N2OS. The van der Waals surface area contributed by atoms with Gasteiger partial charge in [-0.05, 0) is 24.1 Å². The smallest absolute Gasteiger partial charge is 0.266 e. The quantitative estimate of drug-likeness (QED) is 0.659. The maximum Gasteiger partial charge on any atom is 0.266 e. The van der Waals surface area contributed by atoms with Gasteiger partial charge in [-0.15, -0.1) is 11.3 Å². The first-order valence-electron chi connectivity index (χ1n) is 5.57. The summed E-state index contributed by atoms with van der Waals surface area (Å²) in [6.45, 7) is 4.25. The van der Waals surface area contributed by atoms with Crippen molar-refractivity contribution < 1.29 is 0 Å². The van der Waals surface area contributed by atoms with Gasteiger partial charge in [0.15, 0.2) is 0 Å². The van der Waals surface area contributed by atoms with Crippen LogP contribution in [0.2, 0.25) is 0 Å². The molecule has 0 saturated carbocycles. The molecule has 3 aromatic heterocycles. The minimum absolute atomic E-state index is 0.0220. The summed E-state index contributed by atoms with van der Waals surface area (Å²) in [5, 5.41) is 0.724. The third kappa shape index (κ3) is 1.56. The molecule has 0 spiro atoms. The van der Waals surface area contributed by atoms with Crippen LogP contribution in [0.5, 0.6) is 0 Å². The second-order valence-corrected chi connectivity index (χ2v) is 5.43. The summed E-state index contributed by atoms with van der Waals surface area (Å²) in [6.07, 6.45) is 1.76. The fourth-order valence-electron chi connectivity index (χ4n) is 1.85. The lowest BCUT2D eigenvalue weighted by atomic mass is 10.2. The highest BCUT2D eigenvalue weighted by Gasteiger charge is 2.11. The lowest BCUT2D eigenvalue weighted by Crippen LogP contribution is -2.13. The largest absolute Gasteiger partial charge is 0.268 e. The molecule has 3 heterocycles. The number of hydrogen-bond acceptors (Lipinski definition) is 3. The van der Waals surface area contributed by atoms with Gasteiger partial charge in [0.05, 0.1) is 5.39 Å². The van der Waals surface area contributed by atoms with Crippen molar-refractivity contribution in [3.05, 3.63) is 45.7 Å². The van der Waals surface area contributed by atoms with Crippen molar-refractivity contribution in [2.75, 3.05) is 0 Å². The van der Waals surface area contributed by atoms with E-state index >= 15 is 0 Å². The van der Waals surface area contributed by atoms with Crippen LogP contribution in [0.15, 0.2) is 35.3 Å². The number of rotatable bonds is 1. The average molecular weight is 244 g/mol. The molecule has 4 heteroatoms. The molecule has 17 heavy (non-hydrogen) atoms. The molecule has 0 unspecified atom stereocenters. The van der Waals surface area contributed by atoms with Crippen LogP contribution in [0.3, 0.4) is 0 Å². The Morgan fingerprint density at radius 1 is 1.35 bits per heavy atom. The predicted molar refractivity (Wildman–Crippen MR) is 70.9 cm³/mol. The van der Waals surface area contributed by atoms with Gasteiger partial charge in [-0.2, -0.15) is 0 Å². The zero-order chi connectivity index (χ0) is 12.0. The molecule has 0 atom stereocenters. The Bertz CT molecular complexity index is 755. The summed E-state index contributed by atoms with van der Waals surface area (Å²) in [5.41, 5.74) is 0.732. The lowest BCUT2D eigenvalue weighted by Gasteiger charge is -1.97. The normalized spacial score (nSPS) is 11.7. The number of nitrogens with zero attached hydrogens (tertiary/aromatic N) is 2. The van der Waals surface area contributed by atoms with E-state index in [0.717, 1.165) is 10.2 Å². The van der Waals surface area contributed by atoms with Gasteiger partial charge in [-0.25, -0.2) is 4.98 Å². The highest BCUT2D eigenvalue weighted by molar-refractivity contribution is 7.18. The Hall–Kier alpha value is -1.68. The average Bonchev–Trinajstić information content (AvgIpc) is 2.74. The van der Waals surface area contributed by atoms with Gasteiger partial charge >= 0.3 is 0 Å². The van der Waals surface area contributed by atoms with Crippen molar-refractivity contribution in [2.45, 2.75) is 19.8 Å². The van der Waals surface area contributed by atoms with E-state index in [1.807, 2.05) is 24.3 Å². The molecule has 0 aliphatic heterocycles. The third-order valence-corrected chi connectivity index (χ3v) is 4.13. The molecule has 0 aliphatic rings. The van der Waals surface area contributed by atoms with Crippen LogP contribution in [0.25, 0.3) is 15.9 Å². The first-order chi connectivity index (χ1) is 8.16. The molecule has 0 aromatic carbocycles. The lowest BCUT2D eigenvalue weighted by molar-refractivity contribution is 0.890. The van der Waals surface area contributed by atoms with Crippen LogP contribution in [-0.2, 0) is 0 Å². The monoisotopic (exact) mass is 244 g/mol. The number of thiophene rings is 1. The van der Waals surface area contributed by atoms with E-state index in [1.54, 1.807) is 21.9 Å². The van der Waals surface area contributed by atoms with Crippen LogP contribution in [0, 0.1) is 0 Å². The standard InChI is InChI=1S/C13H12N2OS/c1-8(2)10-7-9-12(17-10)14-11-5-3-4-6-15(11)13(9)16/h3-8H,1-2H3. The van der Waals surface area contributed by atoms with Crippen LogP contribution in [0.1, 0.15) is 24.6 Å². The van der Waals surface area contributed by atoms with E-state index in [0.29, 0.717) is 11.6 Å². The second-order valence-electron chi connectivity index (χ2n) is 4.37. The number of aromatic nitrogens is 2. The van der Waals surface area contributed by atoms with Gasteiger partial charge in [0.1, 0.15) is 10.5 Å². The molecule has 0 aliphatic carbocycles. The molecule has 3 nitrogen and oxygen atoms in total. The molecule has 0 saturated heterocycles. The van der Waals surface area contributed by atoms with Gasteiger partial charge in [0, 0.05) is 11.1 Å². The molecule has 86 valence electrons. The van der Waals surface area contributed by atoms with Crippen molar-refractivity contribution in [1.82, 2.24) is 9.38 Å². The number of hydrogen-bond donors (Lipinski definition) is 0. The summed E-state index contributed by atoms with van der Waals surface area (Å²) in [6, 6.07) is 7.57. The highest BCUT2D eigenvalue weighted by Crippen LogP contribution is 2.27. The van der Waals surface area contributed by atoms with E-state index in [1.165, 1.54) is 4.88 Å². The Labute approximate surface area is 102 Å².